The van der Waals surface area contributed by atoms with Gasteiger partial charge < -0.3 is 9.64 Å². The second-order valence-electron chi connectivity index (χ2n) is 7.78. The van der Waals surface area contributed by atoms with E-state index in [1.165, 1.54) is 22.9 Å². The van der Waals surface area contributed by atoms with Crippen molar-refractivity contribution in [3.05, 3.63) is 67.7 Å². The van der Waals surface area contributed by atoms with Crippen LogP contribution >= 0.6 is 15.9 Å². The van der Waals surface area contributed by atoms with Gasteiger partial charge in [0.05, 0.1) is 14.8 Å². The van der Waals surface area contributed by atoms with Gasteiger partial charge >= 0.3 is 0 Å². The molecule has 1 fully saturated rings. The van der Waals surface area contributed by atoms with Gasteiger partial charge in [-0.2, -0.15) is 0 Å². The fraction of sp³-hybridized carbons (Fsp3) is 0.333. The average molecular weight is 427 g/mol. The first-order chi connectivity index (χ1) is 12.9. The van der Waals surface area contributed by atoms with E-state index in [0.717, 1.165) is 24.8 Å². The van der Waals surface area contributed by atoms with Crippen LogP contribution in [0.3, 0.4) is 0 Å². The van der Waals surface area contributed by atoms with E-state index in [1.54, 1.807) is 6.07 Å². The van der Waals surface area contributed by atoms with Gasteiger partial charge in [0, 0.05) is 30.4 Å². The molecule has 0 bridgehead atoms. The van der Waals surface area contributed by atoms with Crippen LogP contribution in [-0.2, 0) is 5.41 Å². The van der Waals surface area contributed by atoms with Crippen molar-refractivity contribution in [2.24, 2.45) is 0 Å². The minimum absolute atomic E-state index is 0.0682. The maximum Gasteiger partial charge on any atom is 0.271 e. The van der Waals surface area contributed by atoms with E-state index in [2.05, 4.69) is 65.1 Å². The number of rotatable bonds is 1. The van der Waals surface area contributed by atoms with Crippen molar-refractivity contribution in [2.75, 3.05) is 11.9 Å². The lowest BCUT2D eigenvalue weighted by Crippen LogP contribution is -2.63. The zero-order valence-corrected chi connectivity index (χ0v) is 16.7. The number of fused-ring (bicyclic) bond motifs is 3. The van der Waals surface area contributed by atoms with Crippen LogP contribution in [0.1, 0.15) is 37.3 Å². The van der Waals surface area contributed by atoms with Crippen molar-refractivity contribution < 1.29 is 9.66 Å². The number of nitro benzene ring substituents is 1. The predicted octanol–water partition coefficient (Wildman–Crippen LogP) is 5.42. The van der Waals surface area contributed by atoms with E-state index in [4.69, 9.17) is 4.74 Å². The van der Waals surface area contributed by atoms with Crippen molar-refractivity contribution in [1.29, 1.82) is 0 Å². The number of hydrogen-bond acceptors (Lipinski definition) is 4. The summed E-state index contributed by atoms with van der Waals surface area (Å²) in [6.07, 6.45) is 5.14. The molecule has 0 unspecified atom stereocenters. The highest BCUT2D eigenvalue weighted by molar-refractivity contribution is 9.10. The topological polar surface area (TPSA) is 55.6 Å². The van der Waals surface area contributed by atoms with Crippen molar-refractivity contribution in [3.63, 3.8) is 0 Å². The summed E-state index contributed by atoms with van der Waals surface area (Å²) in [5.41, 5.74) is 3.75. The molecule has 1 aliphatic carbocycles. The Morgan fingerprint density at radius 2 is 2.07 bits per heavy atom. The van der Waals surface area contributed by atoms with Gasteiger partial charge in [-0.25, -0.2) is 0 Å². The quantitative estimate of drug-likeness (QED) is 0.451. The second-order valence-corrected chi connectivity index (χ2v) is 8.63. The standard InChI is InChI=1S/C21H19BrN2O3/c1-20-9-5-6-14-10-13-11-15(24(25)26)12-17(22)19(13)27-21(14,20)23(2)18-8-4-3-7-16(18)20/h3-4,7-8,10-12H,5-6,9H2,1-2H3/t20-,21+/m1/s1. The number of nitrogens with zero attached hydrogens (tertiary/aromatic N) is 2. The molecule has 0 amide bonds. The maximum absolute atomic E-state index is 11.3. The summed E-state index contributed by atoms with van der Waals surface area (Å²) in [7, 11) is 2.09. The molecule has 0 N–H and O–H groups in total. The normalized spacial score (nSPS) is 27.7. The molecule has 3 aliphatic rings. The number of likely N-dealkylation sites (N-methyl/N-ethyl adjacent to an activating group) is 1. The van der Waals surface area contributed by atoms with Gasteiger partial charge in [0.1, 0.15) is 5.75 Å². The highest BCUT2D eigenvalue weighted by atomic mass is 79.9. The fourth-order valence-electron chi connectivity index (χ4n) is 5.30. The van der Waals surface area contributed by atoms with Crippen LogP contribution in [0, 0.1) is 10.1 Å². The first-order valence-electron chi connectivity index (χ1n) is 9.10. The highest BCUT2D eigenvalue weighted by Gasteiger charge is 2.64. The summed E-state index contributed by atoms with van der Waals surface area (Å²) in [5.74, 6) is 0.678. The van der Waals surface area contributed by atoms with Gasteiger partial charge in [-0.15, -0.1) is 0 Å². The molecule has 1 spiro atoms. The lowest BCUT2D eigenvalue weighted by molar-refractivity contribution is -0.385. The van der Waals surface area contributed by atoms with Crippen LogP contribution in [0.5, 0.6) is 5.75 Å². The Hall–Kier alpha value is -2.34. The molecule has 2 aliphatic heterocycles. The molecule has 5 rings (SSSR count). The lowest BCUT2D eigenvalue weighted by atomic mass is 9.64. The molecule has 1 saturated carbocycles. The molecular weight excluding hydrogens is 408 g/mol. The van der Waals surface area contributed by atoms with Crippen LogP contribution in [0.25, 0.3) is 6.08 Å². The summed E-state index contributed by atoms with van der Waals surface area (Å²) in [5, 5.41) is 11.3. The summed E-state index contributed by atoms with van der Waals surface area (Å²) >= 11 is 3.51. The molecule has 2 heterocycles. The van der Waals surface area contributed by atoms with Gasteiger partial charge in [-0.05, 0) is 65.4 Å². The fourth-order valence-corrected chi connectivity index (χ4v) is 5.85. The largest absolute Gasteiger partial charge is 0.461 e. The van der Waals surface area contributed by atoms with Gasteiger partial charge in [-0.1, -0.05) is 18.2 Å². The Kier molecular flexibility index (Phi) is 3.33. The number of para-hydroxylation sites is 1. The minimum Gasteiger partial charge on any atom is -0.461 e. The Bertz CT molecular complexity index is 1030. The maximum atomic E-state index is 11.3. The molecule has 2 aromatic carbocycles. The third-order valence-corrected chi connectivity index (χ3v) is 7.07. The Balaban J connectivity index is 1.77. The van der Waals surface area contributed by atoms with Gasteiger partial charge in [-0.3, -0.25) is 10.1 Å². The van der Waals surface area contributed by atoms with Gasteiger partial charge in [0.15, 0.2) is 0 Å². The van der Waals surface area contributed by atoms with Gasteiger partial charge in [0.25, 0.3) is 5.69 Å². The highest BCUT2D eigenvalue weighted by Crippen LogP contribution is 2.62. The summed E-state index contributed by atoms with van der Waals surface area (Å²) in [4.78, 5) is 13.2. The van der Waals surface area contributed by atoms with Crippen LogP contribution in [-0.4, -0.2) is 17.7 Å². The Labute approximate surface area is 165 Å². The smallest absolute Gasteiger partial charge is 0.271 e. The summed E-state index contributed by atoms with van der Waals surface area (Å²) in [6.45, 7) is 2.28. The second kappa shape index (κ2) is 5.35. The first kappa shape index (κ1) is 16.8. The Morgan fingerprint density at radius 3 is 2.85 bits per heavy atom. The minimum atomic E-state index is -0.597. The van der Waals surface area contributed by atoms with E-state index in [0.29, 0.717) is 10.2 Å². The zero-order chi connectivity index (χ0) is 19.0. The van der Waals surface area contributed by atoms with E-state index >= 15 is 0 Å². The van der Waals surface area contributed by atoms with Crippen LogP contribution in [0.4, 0.5) is 11.4 Å². The summed E-state index contributed by atoms with van der Waals surface area (Å²) in [6, 6.07) is 11.6. The Morgan fingerprint density at radius 1 is 1.30 bits per heavy atom. The van der Waals surface area contributed by atoms with Crippen LogP contribution < -0.4 is 9.64 Å². The first-order valence-corrected chi connectivity index (χ1v) is 9.89. The van der Waals surface area contributed by atoms with Crippen molar-refractivity contribution in [3.8, 4) is 5.75 Å². The zero-order valence-electron chi connectivity index (χ0n) is 15.2. The molecule has 0 radical (unpaired) electrons. The summed E-state index contributed by atoms with van der Waals surface area (Å²) < 4.78 is 7.42. The molecule has 2 atom stereocenters. The number of benzene rings is 2. The van der Waals surface area contributed by atoms with E-state index in [1.807, 2.05) is 0 Å². The van der Waals surface area contributed by atoms with Crippen molar-refractivity contribution >= 4 is 33.4 Å². The SMILES string of the molecule is CN1c2ccccc2[C@@]2(C)CCCC3=Cc4cc([N+](=O)[O-])cc(Br)c4O[C@]312. The number of nitro groups is 1. The molecule has 27 heavy (non-hydrogen) atoms. The van der Waals surface area contributed by atoms with Gasteiger partial charge in [0.2, 0.25) is 5.72 Å². The van der Waals surface area contributed by atoms with E-state index in [9.17, 15) is 10.1 Å². The molecular formula is C21H19BrN2O3. The monoisotopic (exact) mass is 426 g/mol. The van der Waals surface area contributed by atoms with E-state index < -0.39 is 5.72 Å². The molecule has 5 nitrogen and oxygen atoms in total. The van der Waals surface area contributed by atoms with Crippen LogP contribution in [0.15, 0.2) is 46.4 Å². The third kappa shape index (κ3) is 1.94. The average Bonchev–Trinajstić information content (AvgIpc) is 2.85. The lowest BCUT2D eigenvalue weighted by Gasteiger charge is -2.53. The number of non-ortho nitro benzene ring substituents is 1. The molecule has 0 saturated heterocycles. The van der Waals surface area contributed by atoms with Crippen LogP contribution in [0.2, 0.25) is 0 Å². The number of ether oxygens (including phenoxy) is 1. The number of hydrogen-bond donors (Lipinski definition) is 0. The van der Waals surface area contributed by atoms with E-state index in [-0.39, 0.29) is 16.0 Å². The van der Waals surface area contributed by atoms with Crippen molar-refractivity contribution in [2.45, 2.75) is 37.3 Å². The van der Waals surface area contributed by atoms with Crippen molar-refractivity contribution in [1.82, 2.24) is 0 Å². The molecule has 138 valence electrons. The number of anilines is 1. The predicted molar refractivity (Wildman–Crippen MR) is 108 cm³/mol. The molecule has 2 aromatic rings. The molecule has 6 heteroatoms. The molecule has 0 aromatic heterocycles. The number of halogens is 1. The third-order valence-electron chi connectivity index (χ3n) is 6.49.